The van der Waals surface area contributed by atoms with Gasteiger partial charge in [0, 0.05) is 6.54 Å². The third kappa shape index (κ3) is 5.12. The Morgan fingerprint density at radius 3 is 2.00 bits per heavy atom. The lowest BCUT2D eigenvalue weighted by Gasteiger charge is -2.15. The highest BCUT2D eigenvalue weighted by atomic mass is 16.5. The van der Waals surface area contributed by atoms with Crippen molar-refractivity contribution in [1.82, 2.24) is 5.32 Å². The maximum atomic E-state index is 5.82. The van der Waals surface area contributed by atoms with Crippen molar-refractivity contribution < 1.29 is 9.47 Å². The normalized spacial score (nSPS) is 12.0. The third-order valence-electron chi connectivity index (χ3n) is 3.10. The monoisotopic (exact) mass is 285 g/mol. The van der Waals surface area contributed by atoms with E-state index >= 15 is 0 Å². The lowest BCUT2D eigenvalue weighted by molar-refractivity contribution is 0.218. The fourth-order valence-electron chi connectivity index (χ4n) is 1.95. The molecule has 1 unspecified atom stereocenters. The largest absolute Gasteiger partial charge is 0.489 e. The highest BCUT2D eigenvalue weighted by molar-refractivity contribution is 5.36. The van der Waals surface area contributed by atoms with Crippen molar-refractivity contribution in [3.05, 3.63) is 54.1 Å². The number of likely N-dealkylation sites (N-methyl/N-ethyl adjacent to an activating group) is 1. The Morgan fingerprint density at radius 1 is 0.905 bits per heavy atom. The van der Waals surface area contributed by atoms with E-state index in [1.54, 1.807) is 0 Å². The summed E-state index contributed by atoms with van der Waals surface area (Å²) in [6.07, 6.45) is 0.147. The molecule has 0 bridgehead atoms. The van der Waals surface area contributed by atoms with Crippen LogP contribution in [0.5, 0.6) is 17.2 Å². The molecule has 112 valence electrons. The van der Waals surface area contributed by atoms with E-state index in [4.69, 9.17) is 9.47 Å². The van der Waals surface area contributed by atoms with Gasteiger partial charge in [-0.05, 0) is 56.8 Å². The molecule has 0 aliphatic rings. The molecule has 3 nitrogen and oxygen atoms in total. The molecule has 0 spiro atoms. The topological polar surface area (TPSA) is 30.5 Å². The van der Waals surface area contributed by atoms with Gasteiger partial charge in [-0.3, -0.25) is 0 Å². The fourth-order valence-corrected chi connectivity index (χ4v) is 1.95. The van der Waals surface area contributed by atoms with Crippen LogP contribution in [0.4, 0.5) is 0 Å². The molecule has 3 heteroatoms. The summed E-state index contributed by atoms with van der Waals surface area (Å²) in [7, 11) is 0. The van der Waals surface area contributed by atoms with E-state index in [1.165, 1.54) is 5.56 Å². The van der Waals surface area contributed by atoms with Crippen LogP contribution in [0.1, 0.15) is 19.4 Å². The molecule has 0 saturated carbocycles. The average Bonchev–Trinajstić information content (AvgIpc) is 2.49. The first-order valence-corrected chi connectivity index (χ1v) is 7.39. The van der Waals surface area contributed by atoms with Crippen LogP contribution in [0.15, 0.2) is 48.5 Å². The Morgan fingerprint density at radius 2 is 1.43 bits per heavy atom. The minimum atomic E-state index is 0.147. The van der Waals surface area contributed by atoms with Gasteiger partial charge in [-0.1, -0.05) is 24.6 Å². The third-order valence-corrected chi connectivity index (χ3v) is 3.10. The lowest BCUT2D eigenvalue weighted by Crippen LogP contribution is -2.28. The Balaban J connectivity index is 1.91. The van der Waals surface area contributed by atoms with E-state index in [1.807, 2.05) is 48.5 Å². The number of hydrogen-bond donors (Lipinski definition) is 1. The predicted octanol–water partition coefficient (Wildman–Crippen LogP) is 4.16. The van der Waals surface area contributed by atoms with Crippen molar-refractivity contribution in [3.63, 3.8) is 0 Å². The van der Waals surface area contributed by atoms with Gasteiger partial charge in [-0.2, -0.15) is 0 Å². The first-order valence-electron chi connectivity index (χ1n) is 7.39. The van der Waals surface area contributed by atoms with E-state index in [0.29, 0.717) is 0 Å². The summed E-state index contributed by atoms with van der Waals surface area (Å²) in [4.78, 5) is 0. The molecule has 0 fully saturated rings. The zero-order valence-electron chi connectivity index (χ0n) is 12.9. The molecule has 2 rings (SSSR count). The molecule has 0 aliphatic heterocycles. The minimum Gasteiger partial charge on any atom is -0.489 e. The molecule has 2 aromatic rings. The van der Waals surface area contributed by atoms with Crippen molar-refractivity contribution in [3.8, 4) is 17.2 Å². The number of ether oxygens (including phenoxy) is 2. The van der Waals surface area contributed by atoms with Crippen LogP contribution in [-0.2, 0) is 0 Å². The van der Waals surface area contributed by atoms with Crippen LogP contribution >= 0.6 is 0 Å². The summed E-state index contributed by atoms with van der Waals surface area (Å²) in [5.41, 5.74) is 1.22. The van der Waals surface area contributed by atoms with Gasteiger partial charge in [-0.15, -0.1) is 0 Å². The van der Waals surface area contributed by atoms with Crippen LogP contribution in [0.2, 0.25) is 0 Å². The summed E-state index contributed by atoms with van der Waals surface area (Å²) in [6.45, 7) is 8.00. The Kier molecular flexibility index (Phi) is 5.64. The highest BCUT2D eigenvalue weighted by Gasteiger charge is 2.03. The number of nitrogens with one attached hydrogen (secondary N) is 1. The summed E-state index contributed by atoms with van der Waals surface area (Å²) >= 11 is 0. The number of benzene rings is 2. The van der Waals surface area contributed by atoms with E-state index in [0.717, 1.165) is 30.3 Å². The second kappa shape index (κ2) is 7.70. The molecule has 21 heavy (non-hydrogen) atoms. The van der Waals surface area contributed by atoms with Gasteiger partial charge in [-0.25, -0.2) is 0 Å². The summed E-state index contributed by atoms with van der Waals surface area (Å²) in [5.74, 6) is 2.51. The van der Waals surface area contributed by atoms with Crippen molar-refractivity contribution in [2.45, 2.75) is 26.9 Å². The number of aryl methyl sites for hydroxylation is 1. The second-order valence-corrected chi connectivity index (χ2v) is 5.12. The predicted molar refractivity (Wildman–Crippen MR) is 86.3 cm³/mol. The molecule has 0 aliphatic carbocycles. The molecule has 0 aromatic heterocycles. The van der Waals surface area contributed by atoms with Crippen LogP contribution in [0.25, 0.3) is 0 Å². The van der Waals surface area contributed by atoms with Crippen molar-refractivity contribution >= 4 is 0 Å². The van der Waals surface area contributed by atoms with E-state index < -0.39 is 0 Å². The molecule has 1 atom stereocenters. The van der Waals surface area contributed by atoms with Crippen molar-refractivity contribution in [1.29, 1.82) is 0 Å². The molecule has 2 aromatic carbocycles. The summed E-state index contributed by atoms with van der Waals surface area (Å²) in [6, 6.07) is 15.7. The van der Waals surface area contributed by atoms with E-state index in [2.05, 4.69) is 26.1 Å². The van der Waals surface area contributed by atoms with Gasteiger partial charge in [0.2, 0.25) is 0 Å². The van der Waals surface area contributed by atoms with Crippen LogP contribution in [-0.4, -0.2) is 19.2 Å². The molecule has 0 heterocycles. The van der Waals surface area contributed by atoms with E-state index in [9.17, 15) is 0 Å². The molecular formula is C18H23NO2. The van der Waals surface area contributed by atoms with Crippen molar-refractivity contribution in [2.24, 2.45) is 0 Å². The number of hydrogen-bond acceptors (Lipinski definition) is 3. The quantitative estimate of drug-likeness (QED) is 0.828. The summed E-state index contributed by atoms with van der Waals surface area (Å²) < 4.78 is 11.6. The lowest BCUT2D eigenvalue weighted by atomic mass is 10.2. The molecule has 0 amide bonds. The first-order chi connectivity index (χ1) is 10.2. The Labute approximate surface area is 126 Å². The van der Waals surface area contributed by atoms with Crippen LogP contribution in [0.3, 0.4) is 0 Å². The van der Waals surface area contributed by atoms with Gasteiger partial charge in [0.25, 0.3) is 0 Å². The SMILES string of the molecule is CCNCC(C)Oc1ccc(Oc2ccc(C)cc2)cc1. The van der Waals surface area contributed by atoms with Crippen LogP contribution in [0, 0.1) is 6.92 Å². The summed E-state index contributed by atoms with van der Waals surface area (Å²) in [5, 5.41) is 3.27. The van der Waals surface area contributed by atoms with Gasteiger partial charge in [0.15, 0.2) is 0 Å². The van der Waals surface area contributed by atoms with Gasteiger partial charge < -0.3 is 14.8 Å². The maximum absolute atomic E-state index is 5.82. The molecule has 1 N–H and O–H groups in total. The van der Waals surface area contributed by atoms with Gasteiger partial charge >= 0.3 is 0 Å². The molecule has 0 saturated heterocycles. The second-order valence-electron chi connectivity index (χ2n) is 5.12. The van der Waals surface area contributed by atoms with Gasteiger partial charge in [0.1, 0.15) is 23.4 Å². The minimum absolute atomic E-state index is 0.147. The smallest absolute Gasteiger partial charge is 0.127 e. The molecule has 0 radical (unpaired) electrons. The molecular weight excluding hydrogens is 262 g/mol. The zero-order valence-corrected chi connectivity index (χ0v) is 12.9. The van der Waals surface area contributed by atoms with Crippen molar-refractivity contribution in [2.75, 3.05) is 13.1 Å². The number of rotatable bonds is 7. The first kappa shape index (κ1) is 15.4. The Bertz CT molecular complexity index is 534. The highest BCUT2D eigenvalue weighted by Crippen LogP contribution is 2.24. The van der Waals surface area contributed by atoms with Crippen LogP contribution < -0.4 is 14.8 Å². The fraction of sp³-hybridized carbons (Fsp3) is 0.333. The Hall–Kier alpha value is -2.00. The zero-order chi connectivity index (χ0) is 15.1. The maximum Gasteiger partial charge on any atom is 0.127 e. The van der Waals surface area contributed by atoms with E-state index in [-0.39, 0.29) is 6.10 Å². The van der Waals surface area contributed by atoms with Gasteiger partial charge in [0.05, 0.1) is 0 Å². The standard InChI is InChI=1S/C18H23NO2/c1-4-19-13-15(3)20-16-9-11-18(12-10-16)21-17-7-5-14(2)6-8-17/h5-12,15,19H,4,13H2,1-3H3. The average molecular weight is 285 g/mol.